The average Bonchev–Trinajstić information content (AvgIpc) is 3.12. The highest BCUT2D eigenvalue weighted by Crippen LogP contribution is 2.23. The van der Waals surface area contributed by atoms with Crippen LogP contribution in [0.5, 0.6) is 11.5 Å². The number of methoxy groups -OCH3 is 1. The number of benzene rings is 2. The number of ether oxygens (including phenoxy) is 2. The molecule has 0 radical (unpaired) electrons. The van der Waals surface area contributed by atoms with Crippen molar-refractivity contribution in [2.24, 2.45) is 7.05 Å². The molecular formula is C21H19FN2O3. The predicted octanol–water partition coefficient (Wildman–Crippen LogP) is 4.04. The largest absolute Gasteiger partial charge is 0.496 e. The summed E-state index contributed by atoms with van der Waals surface area (Å²) < 4.78 is 25.6. The van der Waals surface area contributed by atoms with Crippen LogP contribution in [0.4, 0.5) is 4.39 Å². The summed E-state index contributed by atoms with van der Waals surface area (Å²) in [6.07, 6.45) is 6.44. The number of carbonyl (C=O) groups is 1. The number of ketones is 1. The average molecular weight is 366 g/mol. The maximum absolute atomic E-state index is 13.0. The van der Waals surface area contributed by atoms with Gasteiger partial charge in [-0.25, -0.2) is 4.39 Å². The molecule has 0 bridgehead atoms. The lowest BCUT2D eigenvalue weighted by Crippen LogP contribution is -1.99. The molecule has 0 atom stereocenters. The van der Waals surface area contributed by atoms with Crippen LogP contribution in [-0.4, -0.2) is 22.7 Å². The Hall–Kier alpha value is -3.41. The van der Waals surface area contributed by atoms with E-state index in [2.05, 4.69) is 5.10 Å². The van der Waals surface area contributed by atoms with Gasteiger partial charge in [0.05, 0.1) is 18.9 Å². The van der Waals surface area contributed by atoms with E-state index in [1.165, 1.54) is 24.4 Å². The Balaban J connectivity index is 1.73. The van der Waals surface area contributed by atoms with E-state index < -0.39 is 0 Å². The predicted molar refractivity (Wildman–Crippen MR) is 100 cm³/mol. The molecule has 3 rings (SSSR count). The fraction of sp³-hybridized carbons (Fsp3) is 0.143. The van der Waals surface area contributed by atoms with Crippen molar-refractivity contribution in [3.63, 3.8) is 0 Å². The Morgan fingerprint density at radius 1 is 1.22 bits per heavy atom. The van der Waals surface area contributed by atoms with E-state index in [0.717, 1.165) is 11.1 Å². The molecule has 0 saturated carbocycles. The van der Waals surface area contributed by atoms with Gasteiger partial charge in [-0.1, -0.05) is 12.1 Å². The molecular weight excluding hydrogens is 347 g/mol. The minimum absolute atomic E-state index is 0.122. The highest BCUT2D eigenvalue weighted by Gasteiger charge is 2.07. The second-order valence-electron chi connectivity index (χ2n) is 5.91. The molecule has 1 aromatic heterocycles. The summed E-state index contributed by atoms with van der Waals surface area (Å²) in [7, 11) is 3.34. The number of rotatable bonds is 7. The summed E-state index contributed by atoms with van der Waals surface area (Å²) in [5.41, 5.74) is 2.19. The van der Waals surface area contributed by atoms with E-state index in [4.69, 9.17) is 9.47 Å². The monoisotopic (exact) mass is 366 g/mol. The Morgan fingerprint density at radius 3 is 2.67 bits per heavy atom. The van der Waals surface area contributed by atoms with Gasteiger partial charge >= 0.3 is 0 Å². The second kappa shape index (κ2) is 8.31. The third-order valence-corrected chi connectivity index (χ3v) is 3.93. The molecule has 0 fully saturated rings. The Kier molecular flexibility index (Phi) is 5.66. The van der Waals surface area contributed by atoms with Crippen molar-refractivity contribution in [2.75, 3.05) is 7.11 Å². The highest BCUT2D eigenvalue weighted by atomic mass is 19.1. The van der Waals surface area contributed by atoms with Gasteiger partial charge in [-0.2, -0.15) is 5.10 Å². The first kappa shape index (κ1) is 18.4. The van der Waals surface area contributed by atoms with Crippen LogP contribution in [0, 0.1) is 5.82 Å². The SMILES string of the molecule is COc1ccc(C=CC(=O)c2cnn(C)c2)cc1COc1ccc(F)cc1. The lowest BCUT2D eigenvalue weighted by atomic mass is 10.1. The fourth-order valence-corrected chi connectivity index (χ4v) is 2.52. The molecule has 0 aliphatic heterocycles. The zero-order valence-corrected chi connectivity index (χ0v) is 15.1. The van der Waals surface area contributed by atoms with E-state index >= 15 is 0 Å². The highest BCUT2D eigenvalue weighted by molar-refractivity contribution is 6.06. The zero-order valence-electron chi connectivity index (χ0n) is 15.1. The number of allylic oxidation sites excluding steroid dienone is 1. The van der Waals surface area contributed by atoms with Crippen molar-refractivity contribution in [3.05, 3.63) is 83.4 Å². The molecule has 2 aromatic carbocycles. The first-order valence-corrected chi connectivity index (χ1v) is 8.31. The first-order valence-electron chi connectivity index (χ1n) is 8.31. The van der Waals surface area contributed by atoms with Crippen LogP contribution in [0.15, 0.2) is 60.9 Å². The van der Waals surface area contributed by atoms with Crippen LogP contribution in [0.25, 0.3) is 6.08 Å². The van der Waals surface area contributed by atoms with Crippen LogP contribution in [-0.2, 0) is 13.7 Å². The Morgan fingerprint density at radius 2 is 2.00 bits per heavy atom. The summed E-state index contributed by atoms with van der Waals surface area (Å²) in [5.74, 6) is 0.798. The van der Waals surface area contributed by atoms with Crippen molar-refractivity contribution in [1.82, 2.24) is 9.78 Å². The summed E-state index contributed by atoms with van der Waals surface area (Å²) in [6, 6.07) is 11.4. The quantitative estimate of drug-likeness (QED) is 0.468. The topological polar surface area (TPSA) is 53.3 Å². The second-order valence-corrected chi connectivity index (χ2v) is 5.91. The molecule has 0 aliphatic carbocycles. The number of hydrogen-bond donors (Lipinski definition) is 0. The Labute approximate surface area is 156 Å². The first-order chi connectivity index (χ1) is 13.0. The normalized spacial score (nSPS) is 10.9. The number of hydrogen-bond acceptors (Lipinski definition) is 4. The van der Waals surface area contributed by atoms with Crippen molar-refractivity contribution in [2.45, 2.75) is 6.61 Å². The lowest BCUT2D eigenvalue weighted by Gasteiger charge is -2.11. The molecule has 138 valence electrons. The summed E-state index contributed by atoms with van der Waals surface area (Å²) in [6.45, 7) is 0.257. The third-order valence-electron chi connectivity index (χ3n) is 3.93. The van der Waals surface area contributed by atoms with E-state index in [9.17, 15) is 9.18 Å². The number of aromatic nitrogens is 2. The van der Waals surface area contributed by atoms with E-state index in [0.29, 0.717) is 17.1 Å². The molecule has 0 amide bonds. The summed E-state index contributed by atoms with van der Waals surface area (Å²) >= 11 is 0. The molecule has 0 unspecified atom stereocenters. The lowest BCUT2D eigenvalue weighted by molar-refractivity contribution is 0.104. The number of carbonyl (C=O) groups excluding carboxylic acids is 1. The molecule has 0 N–H and O–H groups in total. The van der Waals surface area contributed by atoms with Crippen molar-refractivity contribution >= 4 is 11.9 Å². The van der Waals surface area contributed by atoms with Gasteiger partial charge in [0, 0.05) is 18.8 Å². The van der Waals surface area contributed by atoms with Gasteiger partial charge in [0.15, 0.2) is 5.78 Å². The fourth-order valence-electron chi connectivity index (χ4n) is 2.52. The standard InChI is InChI=1S/C21H19FN2O3/c1-24-13-17(12-23-24)20(25)9-3-15-4-10-21(26-2)16(11-15)14-27-19-7-5-18(22)6-8-19/h3-13H,14H2,1-2H3. The zero-order chi connectivity index (χ0) is 19.2. The molecule has 27 heavy (non-hydrogen) atoms. The van der Waals surface area contributed by atoms with Crippen molar-refractivity contribution in [3.8, 4) is 11.5 Å². The van der Waals surface area contributed by atoms with Crippen molar-refractivity contribution in [1.29, 1.82) is 0 Å². The molecule has 1 heterocycles. The van der Waals surface area contributed by atoms with Gasteiger partial charge in [0.2, 0.25) is 0 Å². The van der Waals surface area contributed by atoms with Gasteiger partial charge in [-0.05, 0) is 48.0 Å². The minimum Gasteiger partial charge on any atom is -0.496 e. The van der Waals surface area contributed by atoms with Crippen LogP contribution in [0.2, 0.25) is 0 Å². The minimum atomic E-state index is -0.314. The molecule has 6 heteroatoms. The molecule has 0 spiro atoms. The van der Waals surface area contributed by atoms with Gasteiger partial charge in [0.1, 0.15) is 23.9 Å². The smallest absolute Gasteiger partial charge is 0.189 e. The van der Waals surface area contributed by atoms with Crippen LogP contribution >= 0.6 is 0 Å². The van der Waals surface area contributed by atoms with E-state index in [1.54, 1.807) is 43.2 Å². The number of aryl methyl sites for hydroxylation is 1. The Bertz CT molecular complexity index is 962. The summed E-state index contributed by atoms with van der Waals surface area (Å²) in [5, 5.41) is 3.99. The van der Waals surface area contributed by atoms with E-state index in [1.807, 2.05) is 18.2 Å². The van der Waals surface area contributed by atoms with Gasteiger partial charge in [-0.15, -0.1) is 0 Å². The maximum Gasteiger partial charge on any atom is 0.189 e. The van der Waals surface area contributed by atoms with E-state index in [-0.39, 0.29) is 18.2 Å². The molecule has 5 nitrogen and oxygen atoms in total. The number of nitrogens with zero attached hydrogens (tertiary/aromatic N) is 2. The van der Waals surface area contributed by atoms with Gasteiger partial charge in [0.25, 0.3) is 0 Å². The number of halogens is 1. The summed E-state index contributed by atoms with van der Waals surface area (Å²) in [4.78, 5) is 12.2. The van der Waals surface area contributed by atoms with Crippen LogP contribution in [0.3, 0.4) is 0 Å². The van der Waals surface area contributed by atoms with Gasteiger partial charge < -0.3 is 9.47 Å². The van der Waals surface area contributed by atoms with Crippen LogP contribution < -0.4 is 9.47 Å². The molecule has 0 saturated heterocycles. The molecule has 0 aliphatic rings. The van der Waals surface area contributed by atoms with Crippen LogP contribution in [0.1, 0.15) is 21.5 Å². The molecule has 3 aromatic rings. The van der Waals surface area contributed by atoms with Crippen molar-refractivity contribution < 1.29 is 18.7 Å². The third kappa shape index (κ3) is 4.82. The van der Waals surface area contributed by atoms with Gasteiger partial charge in [-0.3, -0.25) is 9.48 Å². The maximum atomic E-state index is 13.0.